The number of rotatable bonds is 7. The molecule has 0 aliphatic carbocycles. The summed E-state index contributed by atoms with van der Waals surface area (Å²) in [5.74, 6) is -1.34. The zero-order valence-electron chi connectivity index (χ0n) is 16.6. The fourth-order valence-electron chi connectivity index (χ4n) is 2.90. The number of nitrogens with two attached hydrogens (primary N) is 1. The van der Waals surface area contributed by atoms with Gasteiger partial charge in [-0.2, -0.15) is 10.1 Å². The number of halogens is 1. The first-order chi connectivity index (χ1) is 14.7. The molecule has 2 aromatic carbocycles. The molecule has 10 heteroatoms. The van der Waals surface area contributed by atoms with Crippen LogP contribution in [0.4, 0.5) is 5.69 Å². The first-order valence-corrected chi connectivity index (χ1v) is 10.0. The number of carbonyl (C=O) groups excluding carboxylic acids is 2. The van der Waals surface area contributed by atoms with Crippen molar-refractivity contribution in [2.75, 3.05) is 18.7 Å². The Morgan fingerprint density at radius 2 is 2.03 bits per heavy atom. The third-order valence-corrected chi connectivity index (χ3v) is 5.12. The van der Waals surface area contributed by atoms with Gasteiger partial charge in [-0.25, -0.2) is 4.79 Å². The van der Waals surface area contributed by atoms with E-state index < -0.39 is 11.9 Å². The van der Waals surface area contributed by atoms with Crippen molar-refractivity contribution >= 4 is 57.8 Å². The fraction of sp³-hybridized carbons (Fsp3) is 0.143. The van der Waals surface area contributed by atoms with Gasteiger partial charge in [-0.15, -0.1) is 0 Å². The van der Waals surface area contributed by atoms with E-state index in [9.17, 15) is 19.5 Å². The van der Waals surface area contributed by atoms with Crippen LogP contribution in [0.15, 0.2) is 47.1 Å². The number of anilines is 1. The van der Waals surface area contributed by atoms with Crippen LogP contribution < -0.4 is 20.2 Å². The van der Waals surface area contributed by atoms with E-state index in [0.29, 0.717) is 37.6 Å². The van der Waals surface area contributed by atoms with E-state index in [-0.39, 0.29) is 18.1 Å². The number of methoxy groups -OCH3 is 1. The second-order valence-corrected chi connectivity index (χ2v) is 7.67. The van der Waals surface area contributed by atoms with Gasteiger partial charge in [0.05, 0.1) is 33.2 Å². The average molecular weight is 535 g/mol. The summed E-state index contributed by atoms with van der Waals surface area (Å²) in [6, 6.07) is 9.42. The molecule has 0 unspecified atom stereocenters. The lowest BCUT2D eigenvalue weighted by atomic mass is 10.1. The number of hydrogen-bond acceptors (Lipinski definition) is 6. The van der Waals surface area contributed by atoms with Crippen molar-refractivity contribution in [2.45, 2.75) is 6.92 Å². The lowest BCUT2D eigenvalue weighted by molar-refractivity contribution is -0.120. The monoisotopic (exact) mass is 535 g/mol. The van der Waals surface area contributed by atoms with Gasteiger partial charge in [0.25, 0.3) is 11.8 Å². The minimum Gasteiger partial charge on any atom is -0.493 e. The summed E-state index contributed by atoms with van der Waals surface area (Å²) in [4.78, 5) is 35.2. The van der Waals surface area contributed by atoms with E-state index in [1.165, 1.54) is 24.3 Å². The smallest absolute Gasteiger partial charge is 0.335 e. The number of carboxylic acids is 1. The maximum atomic E-state index is 13.0. The van der Waals surface area contributed by atoms with Gasteiger partial charge >= 0.3 is 5.97 Å². The van der Waals surface area contributed by atoms with Crippen LogP contribution in [0.3, 0.4) is 0 Å². The second kappa shape index (κ2) is 9.16. The molecule has 1 heterocycles. The molecule has 31 heavy (non-hydrogen) atoms. The van der Waals surface area contributed by atoms with Crippen molar-refractivity contribution in [3.8, 4) is 11.5 Å². The van der Waals surface area contributed by atoms with Gasteiger partial charge in [-0.3, -0.25) is 9.59 Å². The summed E-state index contributed by atoms with van der Waals surface area (Å²) in [6.07, 6.45) is 1.66. The van der Waals surface area contributed by atoms with Crippen LogP contribution in [-0.4, -0.2) is 42.3 Å². The molecule has 0 saturated carbocycles. The maximum Gasteiger partial charge on any atom is 0.335 e. The Kier molecular flexibility index (Phi) is 6.59. The van der Waals surface area contributed by atoms with E-state index in [1.54, 1.807) is 37.3 Å². The summed E-state index contributed by atoms with van der Waals surface area (Å²) < 4.78 is 11.4. The Hall–Kier alpha value is -3.41. The van der Waals surface area contributed by atoms with Gasteiger partial charge in [-0.05, 0) is 71.5 Å². The van der Waals surface area contributed by atoms with Crippen LogP contribution in [0.1, 0.15) is 22.8 Å². The number of hydrogen-bond donors (Lipinski definition) is 2. The van der Waals surface area contributed by atoms with E-state index in [0.717, 1.165) is 0 Å². The molecule has 160 valence electrons. The molecule has 0 aromatic heterocycles. The Labute approximate surface area is 191 Å². The zero-order valence-corrected chi connectivity index (χ0v) is 18.7. The Bertz CT molecular complexity index is 1140. The third-order valence-electron chi connectivity index (χ3n) is 4.32. The number of nitrogens with zero attached hydrogens (tertiary/aromatic N) is 2. The normalized spacial score (nSPS) is 14.5. The van der Waals surface area contributed by atoms with E-state index in [2.05, 4.69) is 5.10 Å². The molecule has 0 bridgehead atoms. The summed E-state index contributed by atoms with van der Waals surface area (Å²) >= 11 is 2.03. The number of primary amides is 1. The van der Waals surface area contributed by atoms with Gasteiger partial charge in [0.2, 0.25) is 0 Å². The minimum atomic E-state index is -1.09. The fourth-order valence-corrected chi connectivity index (χ4v) is 3.68. The Morgan fingerprint density at radius 1 is 1.29 bits per heavy atom. The second-order valence-electron chi connectivity index (χ2n) is 6.50. The van der Waals surface area contributed by atoms with Gasteiger partial charge < -0.3 is 20.3 Å². The Balaban J connectivity index is 1.94. The quantitative estimate of drug-likeness (QED) is 0.414. The molecule has 0 fully saturated rings. The van der Waals surface area contributed by atoms with Crippen molar-refractivity contribution < 1.29 is 29.0 Å². The SMILES string of the molecule is COc1cc(/C=C2/C(=O)N(c3cccc(C(=O)O)c3)N=C2C)cc(I)c1OCC(N)=O. The molecule has 9 nitrogen and oxygen atoms in total. The van der Waals surface area contributed by atoms with Crippen LogP contribution in [0.2, 0.25) is 0 Å². The molecular formula is C21H18IN3O6. The highest BCUT2D eigenvalue weighted by Gasteiger charge is 2.29. The van der Waals surface area contributed by atoms with Gasteiger partial charge in [0.1, 0.15) is 0 Å². The highest BCUT2D eigenvalue weighted by atomic mass is 127. The van der Waals surface area contributed by atoms with Crippen LogP contribution in [0, 0.1) is 3.57 Å². The summed E-state index contributed by atoms with van der Waals surface area (Å²) in [6.45, 7) is 1.40. The molecule has 1 aliphatic rings. The molecule has 1 aliphatic heterocycles. The highest BCUT2D eigenvalue weighted by Crippen LogP contribution is 2.35. The molecule has 2 amide bonds. The van der Waals surface area contributed by atoms with Crippen molar-refractivity contribution in [3.63, 3.8) is 0 Å². The topological polar surface area (TPSA) is 132 Å². The number of carboxylic acid groups (broad SMARTS) is 1. The first kappa shape index (κ1) is 22.3. The molecule has 3 N–H and O–H groups in total. The van der Waals surface area contributed by atoms with Gasteiger partial charge in [0, 0.05) is 0 Å². The average Bonchev–Trinajstić information content (AvgIpc) is 3.00. The van der Waals surface area contributed by atoms with E-state index in [4.69, 9.17) is 15.2 Å². The lowest BCUT2D eigenvalue weighted by Crippen LogP contribution is -2.21. The first-order valence-electron chi connectivity index (χ1n) is 8.95. The van der Waals surface area contributed by atoms with E-state index in [1.807, 2.05) is 22.6 Å². The van der Waals surface area contributed by atoms with Crippen molar-refractivity contribution in [2.24, 2.45) is 10.8 Å². The van der Waals surface area contributed by atoms with Crippen LogP contribution in [0.25, 0.3) is 6.08 Å². The summed E-state index contributed by atoms with van der Waals surface area (Å²) in [5.41, 5.74) is 7.04. The standard InChI is InChI=1S/C21H18IN3O6/c1-11-15(20(27)25(24-11)14-5-3-4-13(9-14)21(28)29)6-12-7-16(22)19(17(8-12)30-2)31-10-18(23)26/h3-9H,10H2,1-2H3,(H2,23,26)(H,28,29)/b15-6+. The summed E-state index contributed by atoms with van der Waals surface area (Å²) in [7, 11) is 1.46. The number of hydrazone groups is 1. The van der Waals surface area contributed by atoms with E-state index >= 15 is 0 Å². The Morgan fingerprint density at radius 3 is 2.68 bits per heavy atom. The van der Waals surface area contributed by atoms with Crippen molar-refractivity contribution in [1.29, 1.82) is 0 Å². The number of benzene rings is 2. The maximum absolute atomic E-state index is 13.0. The van der Waals surface area contributed by atoms with Gasteiger partial charge in [0.15, 0.2) is 18.1 Å². The van der Waals surface area contributed by atoms with Gasteiger partial charge in [-0.1, -0.05) is 6.07 Å². The number of amides is 2. The molecular weight excluding hydrogens is 517 g/mol. The zero-order chi connectivity index (χ0) is 22.7. The van der Waals surface area contributed by atoms with Crippen LogP contribution in [0.5, 0.6) is 11.5 Å². The van der Waals surface area contributed by atoms with Crippen molar-refractivity contribution in [1.82, 2.24) is 0 Å². The number of aromatic carboxylic acids is 1. The predicted molar refractivity (Wildman–Crippen MR) is 122 cm³/mol. The van der Waals surface area contributed by atoms with Crippen molar-refractivity contribution in [3.05, 3.63) is 56.7 Å². The third kappa shape index (κ3) is 4.85. The molecule has 0 spiro atoms. The highest BCUT2D eigenvalue weighted by molar-refractivity contribution is 14.1. The molecule has 0 saturated heterocycles. The molecule has 0 atom stereocenters. The number of ether oxygens (including phenoxy) is 2. The summed E-state index contributed by atoms with van der Waals surface area (Å²) in [5, 5.41) is 14.6. The largest absolute Gasteiger partial charge is 0.493 e. The predicted octanol–water partition coefficient (Wildman–Crippen LogP) is 2.67. The van der Waals surface area contributed by atoms with Crippen LogP contribution >= 0.6 is 22.6 Å². The molecule has 2 aromatic rings. The van der Waals surface area contributed by atoms with Crippen LogP contribution in [-0.2, 0) is 9.59 Å². The molecule has 3 rings (SSSR count). The minimum absolute atomic E-state index is 0.0569. The number of carbonyl (C=O) groups is 3. The lowest BCUT2D eigenvalue weighted by Gasteiger charge is -2.13. The molecule has 0 radical (unpaired) electrons.